The SMILES string of the molecule is Cc1ccccc1NC(=O)c1ccc(N2C(N)=NC(N)=NC23CCCCC3)cc1. The van der Waals surface area contributed by atoms with E-state index in [1.54, 1.807) is 12.1 Å². The quantitative estimate of drug-likeness (QED) is 0.746. The molecule has 5 N–H and O–H groups in total. The summed E-state index contributed by atoms with van der Waals surface area (Å²) in [6.07, 6.45) is 5.06. The van der Waals surface area contributed by atoms with Crippen LogP contribution < -0.4 is 21.7 Å². The number of para-hydroxylation sites is 1. The van der Waals surface area contributed by atoms with Gasteiger partial charge in [-0.15, -0.1) is 0 Å². The predicted octanol–water partition coefficient (Wildman–Crippen LogP) is 3.36. The van der Waals surface area contributed by atoms with Crippen molar-refractivity contribution in [2.45, 2.75) is 44.7 Å². The Labute approximate surface area is 170 Å². The fourth-order valence-corrected chi connectivity index (χ4v) is 4.16. The highest BCUT2D eigenvalue weighted by Crippen LogP contribution is 2.39. The van der Waals surface area contributed by atoms with Gasteiger partial charge >= 0.3 is 0 Å². The normalized spacial score (nSPS) is 18.2. The molecule has 1 fully saturated rings. The van der Waals surface area contributed by atoms with Crippen molar-refractivity contribution in [2.75, 3.05) is 10.2 Å². The van der Waals surface area contributed by atoms with Crippen molar-refractivity contribution in [3.8, 4) is 0 Å². The minimum Gasteiger partial charge on any atom is -0.369 e. The number of nitrogens with zero attached hydrogens (tertiary/aromatic N) is 3. The van der Waals surface area contributed by atoms with Crippen LogP contribution in [0.15, 0.2) is 58.5 Å². The second kappa shape index (κ2) is 7.58. The van der Waals surface area contributed by atoms with Crippen LogP contribution in [0, 0.1) is 6.92 Å². The lowest BCUT2D eigenvalue weighted by atomic mass is 9.87. The molecule has 2 aromatic carbocycles. The standard InChI is InChI=1S/C22H26N6O/c1-15-7-3-4-8-18(15)25-19(29)16-9-11-17(12-10-16)28-21(24)26-20(23)27-22(28)13-5-2-6-14-22/h3-4,7-12H,2,5-6,13-14H2,1H3,(H,25,29)(H4,23,24,26,27). The molecule has 7 heteroatoms. The zero-order valence-electron chi connectivity index (χ0n) is 16.6. The average molecular weight is 390 g/mol. The third-order valence-corrected chi connectivity index (χ3v) is 5.63. The molecule has 0 radical (unpaired) electrons. The first-order valence-electron chi connectivity index (χ1n) is 9.95. The topological polar surface area (TPSA) is 109 Å². The lowest BCUT2D eigenvalue weighted by molar-refractivity contribution is 0.102. The van der Waals surface area contributed by atoms with Gasteiger partial charge in [-0.25, -0.2) is 4.99 Å². The number of aryl methyl sites for hydroxylation is 1. The number of benzene rings is 2. The molecule has 1 amide bonds. The van der Waals surface area contributed by atoms with Crippen LogP contribution in [-0.4, -0.2) is 23.5 Å². The van der Waals surface area contributed by atoms with Crippen LogP contribution in [0.1, 0.15) is 48.0 Å². The number of carbonyl (C=O) groups excluding carboxylic acids is 1. The molecule has 0 aromatic heterocycles. The van der Waals surface area contributed by atoms with Crippen LogP contribution in [0.2, 0.25) is 0 Å². The van der Waals surface area contributed by atoms with Gasteiger partial charge in [0.05, 0.1) is 0 Å². The molecule has 1 heterocycles. The first-order chi connectivity index (χ1) is 14.0. The number of amides is 1. The average Bonchev–Trinajstić information content (AvgIpc) is 2.70. The van der Waals surface area contributed by atoms with Gasteiger partial charge in [0.1, 0.15) is 5.66 Å². The van der Waals surface area contributed by atoms with Gasteiger partial charge in [-0.2, -0.15) is 4.99 Å². The fourth-order valence-electron chi connectivity index (χ4n) is 4.16. The van der Waals surface area contributed by atoms with E-state index in [4.69, 9.17) is 11.5 Å². The molecule has 29 heavy (non-hydrogen) atoms. The van der Waals surface area contributed by atoms with E-state index in [9.17, 15) is 4.79 Å². The van der Waals surface area contributed by atoms with E-state index in [0.717, 1.165) is 42.6 Å². The van der Waals surface area contributed by atoms with E-state index in [1.165, 1.54) is 6.42 Å². The fraction of sp³-hybridized carbons (Fsp3) is 0.318. The molecule has 0 bridgehead atoms. The molecule has 7 nitrogen and oxygen atoms in total. The molecule has 1 spiro atoms. The molecule has 1 aliphatic carbocycles. The lowest BCUT2D eigenvalue weighted by Gasteiger charge is -2.45. The summed E-state index contributed by atoms with van der Waals surface area (Å²) in [5, 5.41) is 2.96. The Morgan fingerprint density at radius 2 is 1.72 bits per heavy atom. The Bertz CT molecular complexity index is 973. The van der Waals surface area contributed by atoms with Gasteiger partial charge in [0, 0.05) is 16.9 Å². The van der Waals surface area contributed by atoms with E-state index in [-0.39, 0.29) is 11.9 Å². The monoisotopic (exact) mass is 390 g/mol. The highest BCUT2D eigenvalue weighted by Gasteiger charge is 2.42. The molecule has 1 saturated carbocycles. The van der Waals surface area contributed by atoms with Crippen molar-refractivity contribution < 1.29 is 4.79 Å². The summed E-state index contributed by atoms with van der Waals surface area (Å²) >= 11 is 0. The van der Waals surface area contributed by atoms with Crippen LogP contribution in [0.4, 0.5) is 11.4 Å². The third kappa shape index (κ3) is 3.68. The van der Waals surface area contributed by atoms with E-state index in [1.807, 2.05) is 48.2 Å². The van der Waals surface area contributed by atoms with E-state index < -0.39 is 5.66 Å². The molecule has 0 saturated heterocycles. The van der Waals surface area contributed by atoms with Crippen molar-refractivity contribution in [1.29, 1.82) is 0 Å². The molecule has 4 rings (SSSR count). The van der Waals surface area contributed by atoms with Crippen molar-refractivity contribution in [1.82, 2.24) is 0 Å². The largest absolute Gasteiger partial charge is 0.369 e. The molecule has 0 atom stereocenters. The van der Waals surface area contributed by atoms with E-state index in [2.05, 4.69) is 15.3 Å². The van der Waals surface area contributed by atoms with Crippen LogP contribution in [0.3, 0.4) is 0 Å². The Kier molecular flexibility index (Phi) is 4.96. The zero-order chi connectivity index (χ0) is 20.4. The maximum absolute atomic E-state index is 12.6. The summed E-state index contributed by atoms with van der Waals surface area (Å²) in [5.74, 6) is 0.423. The number of nitrogens with one attached hydrogen (secondary N) is 1. The van der Waals surface area contributed by atoms with Gasteiger partial charge in [-0.05, 0) is 68.5 Å². The summed E-state index contributed by atoms with van der Waals surface area (Å²) in [5.41, 5.74) is 15.0. The van der Waals surface area contributed by atoms with Crippen molar-refractivity contribution in [3.05, 3.63) is 59.7 Å². The zero-order valence-corrected chi connectivity index (χ0v) is 16.6. The summed E-state index contributed by atoms with van der Waals surface area (Å²) < 4.78 is 0. The first kappa shape index (κ1) is 19.0. The van der Waals surface area contributed by atoms with Gasteiger partial charge in [-0.1, -0.05) is 24.6 Å². The number of aliphatic imine (C=N–C) groups is 2. The summed E-state index contributed by atoms with van der Waals surface area (Å²) in [6.45, 7) is 1.97. The van der Waals surface area contributed by atoms with Crippen LogP contribution in [0.25, 0.3) is 0 Å². The van der Waals surface area contributed by atoms with Crippen LogP contribution >= 0.6 is 0 Å². The molecular weight excluding hydrogens is 364 g/mol. The minimum atomic E-state index is -0.487. The predicted molar refractivity (Wildman–Crippen MR) is 117 cm³/mol. The van der Waals surface area contributed by atoms with Gasteiger partial charge < -0.3 is 16.8 Å². The number of carbonyl (C=O) groups is 1. The Balaban J connectivity index is 1.59. The Hall–Kier alpha value is -3.35. The number of rotatable bonds is 3. The van der Waals surface area contributed by atoms with Crippen LogP contribution in [-0.2, 0) is 0 Å². The number of anilines is 2. The maximum atomic E-state index is 12.6. The van der Waals surface area contributed by atoms with Crippen molar-refractivity contribution in [3.63, 3.8) is 0 Å². The van der Waals surface area contributed by atoms with Gasteiger partial charge in [0.2, 0.25) is 11.9 Å². The summed E-state index contributed by atoms with van der Waals surface area (Å²) in [7, 11) is 0. The van der Waals surface area contributed by atoms with Gasteiger partial charge in [-0.3, -0.25) is 9.69 Å². The lowest BCUT2D eigenvalue weighted by Crippen LogP contribution is -2.58. The molecule has 2 aromatic rings. The summed E-state index contributed by atoms with van der Waals surface area (Å²) in [6, 6.07) is 15.1. The molecule has 150 valence electrons. The van der Waals surface area contributed by atoms with E-state index >= 15 is 0 Å². The highest BCUT2D eigenvalue weighted by molar-refractivity contribution is 6.07. The molecular formula is C22H26N6O. The smallest absolute Gasteiger partial charge is 0.255 e. The molecule has 1 aliphatic heterocycles. The van der Waals surface area contributed by atoms with Crippen molar-refractivity contribution in [2.24, 2.45) is 21.5 Å². The first-order valence-corrected chi connectivity index (χ1v) is 9.95. The second-order valence-corrected chi connectivity index (χ2v) is 7.63. The van der Waals surface area contributed by atoms with Gasteiger partial charge in [0.15, 0.2) is 0 Å². The second-order valence-electron chi connectivity index (χ2n) is 7.63. The number of guanidine groups is 2. The van der Waals surface area contributed by atoms with Gasteiger partial charge in [0.25, 0.3) is 5.91 Å². The maximum Gasteiger partial charge on any atom is 0.255 e. The Morgan fingerprint density at radius 3 is 2.41 bits per heavy atom. The minimum absolute atomic E-state index is 0.152. The number of hydrogen-bond acceptors (Lipinski definition) is 6. The molecule has 0 unspecified atom stereocenters. The highest BCUT2D eigenvalue weighted by atomic mass is 16.1. The Morgan fingerprint density at radius 1 is 1.03 bits per heavy atom. The third-order valence-electron chi connectivity index (χ3n) is 5.63. The number of nitrogens with two attached hydrogens (primary N) is 2. The van der Waals surface area contributed by atoms with E-state index in [0.29, 0.717) is 11.5 Å². The number of hydrogen-bond donors (Lipinski definition) is 3. The molecule has 2 aliphatic rings. The van der Waals surface area contributed by atoms with Crippen molar-refractivity contribution >= 4 is 29.2 Å². The van der Waals surface area contributed by atoms with Crippen LogP contribution in [0.5, 0.6) is 0 Å². The summed E-state index contributed by atoms with van der Waals surface area (Å²) in [4.78, 5) is 23.5.